The van der Waals surface area contributed by atoms with Crippen molar-refractivity contribution in [3.8, 4) is 0 Å². The van der Waals surface area contributed by atoms with E-state index in [1.807, 2.05) is 256 Å². The van der Waals surface area contributed by atoms with Crippen LogP contribution in [0.3, 0.4) is 0 Å². The zero-order valence-electron chi connectivity index (χ0n) is 68.3. The predicted molar refractivity (Wildman–Crippen MR) is 514 cm³/mol. The number of fused-ring (bicyclic) bond motifs is 5. The second-order valence-corrected chi connectivity index (χ2v) is 24.6. The number of hydrogen-bond donors (Lipinski definition) is 10. The van der Waals surface area contributed by atoms with Crippen LogP contribution in [0.1, 0.15) is 233 Å². The van der Waals surface area contributed by atoms with Gasteiger partial charge in [0.2, 0.25) is 27.1 Å². The van der Waals surface area contributed by atoms with Gasteiger partial charge < -0.3 is 51.5 Å². The van der Waals surface area contributed by atoms with Crippen LogP contribution < -0.4 is 53.7 Å². The number of aromatic nitrogens is 5. The van der Waals surface area contributed by atoms with E-state index < -0.39 is 17.7 Å². The van der Waals surface area contributed by atoms with Gasteiger partial charge in [-0.3, -0.25) is 47.9 Å². The number of hydrogen-bond acceptors (Lipinski definition) is 15. The van der Waals surface area contributed by atoms with Gasteiger partial charge in [-0.15, -0.1) is 56.7 Å². The van der Waals surface area contributed by atoms with E-state index in [1.54, 1.807) is 66.7 Å². The summed E-state index contributed by atoms with van der Waals surface area (Å²) >= 11 is 7.21. The zero-order valence-corrected chi connectivity index (χ0v) is 72.4. The molecule has 117 heavy (non-hydrogen) atoms. The molecule has 0 atom stereocenters. The fourth-order valence-electron chi connectivity index (χ4n) is 9.25. The number of nitrogens with one attached hydrogen (secondary N) is 10. The van der Waals surface area contributed by atoms with Crippen molar-refractivity contribution < 1.29 is 24.0 Å². The molecule has 10 heterocycles. The molecule has 0 bridgehead atoms. The molecule has 15 rings (SSSR count). The molecule has 0 saturated carbocycles. The molecule has 2 aliphatic rings. The van der Waals surface area contributed by atoms with Gasteiger partial charge >= 0.3 is 0 Å². The summed E-state index contributed by atoms with van der Waals surface area (Å²) in [4.78, 5) is 140. The first-order valence-electron chi connectivity index (χ1n) is 38.2. The maximum Gasteiger partial charge on any atom is 0.261 e. The summed E-state index contributed by atoms with van der Waals surface area (Å²) < 4.78 is 0. The minimum atomic E-state index is -0.402. The number of para-hydroxylation sites is 3. The quantitative estimate of drug-likeness (QED) is 0.0617. The number of amides is 5. The van der Waals surface area contributed by atoms with Gasteiger partial charge in [-0.25, -0.2) is 0 Å². The first-order chi connectivity index (χ1) is 55.3. The minimum absolute atomic E-state index is 0. The highest BCUT2D eigenvalue weighted by molar-refractivity contribution is 7.18. The SMILES string of the molecule is C.C.C.C.CC.CC.CC.CC.CC.CC.CC.CC.CC.CC.O=C(NC1=CC=CC1)c1c[nH]c2sccc2c1=O.O=C(NC1=CC=CC1)c1c[nH]c2sccc2c1=O.O=C(Nc1ccccc1)c1c[nH]c2sccc2c1=O.O=C(Nc1ccccc1)c1c[nH]c2sccc2c1=O.O=C(Nc1ccccc1)c1c[nH]c2sccc2c1=O. The maximum absolute atomic E-state index is 12.1. The molecule has 0 unspecified atom stereocenters. The fourth-order valence-corrected chi connectivity index (χ4v) is 13.0. The summed E-state index contributed by atoms with van der Waals surface area (Å²) in [6.45, 7) is 40.0. The Bertz CT molecular complexity index is 4950. The molecule has 10 aromatic heterocycles. The Morgan fingerprint density at radius 3 is 0.615 bits per heavy atom. The van der Waals surface area contributed by atoms with E-state index in [1.165, 1.54) is 87.7 Å². The number of benzene rings is 3. The summed E-state index contributed by atoms with van der Waals surface area (Å²) in [7, 11) is 0. The molecule has 0 fully saturated rings. The Kier molecular flexibility index (Phi) is 61.9. The van der Waals surface area contributed by atoms with Gasteiger partial charge in [0, 0.05) is 72.3 Å². The van der Waals surface area contributed by atoms with E-state index in [4.69, 9.17) is 0 Å². The van der Waals surface area contributed by atoms with Crippen LogP contribution >= 0.6 is 56.7 Å². The molecule has 20 nitrogen and oxygen atoms in total. The third-order valence-electron chi connectivity index (χ3n) is 13.9. The van der Waals surface area contributed by atoms with E-state index in [0.29, 0.717) is 56.8 Å². The lowest BCUT2D eigenvalue weighted by Crippen LogP contribution is -2.27. The Balaban J connectivity index is -0.000000641. The molecule has 0 spiro atoms. The third kappa shape index (κ3) is 33.3. The van der Waals surface area contributed by atoms with Crippen molar-refractivity contribution in [3.63, 3.8) is 0 Å². The van der Waals surface area contributed by atoms with E-state index >= 15 is 0 Å². The molecular weight excluding hydrogens is 1570 g/mol. The average molecular weight is 1690 g/mol. The Morgan fingerprint density at radius 1 is 0.265 bits per heavy atom. The van der Waals surface area contributed by atoms with Crippen LogP contribution in [0.5, 0.6) is 0 Å². The molecule has 0 aliphatic heterocycles. The number of allylic oxidation sites excluding steroid dienone is 6. The second kappa shape index (κ2) is 64.8. The van der Waals surface area contributed by atoms with Crippen LogP contribution in [-0.4, -0.2) is 54.5 Å². The second-order valence-electron chi connectivity index (χ2n) is 20.0. The first-order valence-corrected chi connectivity index (χ1v) is 42.6. The smallest absolute Gasteiger partial charge is 0.261 e. The van der Waals surface area contributed by atoms with Crippen LogP contribution in [-0.2, 0) is 0 Å². The number of pyridine rings is 5. The number of carbonyl (C=O) groups is 5. The average Bonchev–Trinajstić information content (AvgIpc) is 1.80. The van der Waals surface area contributed by atoms with Crippen molar-refractivity contribution in [2.24, 2.45) is 0 Å². The zero-order chi connectivity index (χ0) is 84.8. The molecule has 5 amide bonds. The lowest BCUT2D eigenvalue weighted by molar-refractivity contribution is 0.0955. The number of rotatable bonds is 10. The van der Waals surface area contributed by atoms with Crippen LogP contribution in [0.2, 0.25) is 0 Å². The largest absolute Gasteiger partial charge is 0.352 e. The lowest BCUT2D eigenvalue weighted by atomic mass is 10.2. The summed E-state index contributed by atoms with van der Waals surface area (Å²) in [5.41, 5.74) is 3.07. The van der Waals surface area contributed by atoms with Gasteiger partial charge in [-0.1, -0.05) is 247 Å². The van der Waals surface area contributed by atoms with Gasteiger partial charge in [0.25, 0.3) is 29.5 Å². The summed E-state index contributed by atoms with van der Waals surface area (Å²) in [5.74, 6) is -1.93. The van der Waals surface area contributed by atoms with Crippen LogP contribution in [0, 0.1) is 0 Å². The molecule has 3 aromatic carbocycles. The highest BCUT2D eigenvalue weighted by Crippen LogP contribution is 2.21. The van der Waals surface area contributed by atoms with E-state index in [-0.39, 0.29) is 96.5 Å². The standard InChI is InChI=1S/3C14H10N2O2S.2C13H10N2O2S.10C2H6.4CH4/c3*17-12-10-6-7-19-14(10)15-8-11(12)13(18)16-9-4-2-1-3-5-9;2*16-11-9-5-6-18-13(9)14-7-10(11)12(17)15-8-3-1-2-4-8;10*1-2;;;;/h3*1-8H,(H,15,17)(H,16,18);2*1-3,5-7H,4H2,(H,14,16)(H,15,17);10*1-2H3;4*1H4. The van der Waals surface area contributed by atoms with E-state index in [2.05, 4.69) is 51.5 Å². The molecule has 2 aliphatic carbocycles. The van der Waals surface area contributed by atoms with Gasteiger partial charge in [-0.2, -0.15) is 0 Å². The van der Waals surface area contributed by atoms with Crippen LogP contribution in [0.25, 0.3) is 51.1 Å². The normalized spacial score (nSPS) is 9.91. The van der Waals surface area contributed by atoms with Crippen molar-refractivity contribution in [1.82, 2.24) is 35.6 Å². The maximum atomic E-state index is 12.1. The molecule has 0 saturated heterocycles. The number of anilines is 3. The van der Waals surface area contributed by atoms with Crippen molar-refractivity contribution in [3.05, 3.63) is 306 Å². The van der Waals surface area contributed by atoms with Gasteiger partial charge in [0.15, 0.2) is 0 Å². The van der Waals surface area contributed by atoms with Gasteiger partial charge in [-0.05, 0) is 106 Å². The third-order valence-corrected chi connectivity index (χ3v) is 18.1. The fraction of sp³-hybridized carbons (Fsp3) is 0.283. The van der Waals surface area contributed by atoms with E-state index in [0.717, 1.165) is 35.5 Å². The summed E-state index contributed by atoms with van der Waals surface area (Å²) in [5, 5.41) is 25.5. The van der Waals surface area contributed by atoms with E-state index in [9.17, 15) is 47.9 Å². The molecular formula is C92H126N10O10S5. The van der Waals surface area contributed by atoms with Crippen molar-refractivity contribution in [1.29, 1.82) is 0 Å². The van der Waals surface area contributed by atoms with Gasteiger partial charge in [0.05, 0.1) is 26.9 Å². The van der Waals surface area contributed by atoms with Crippen molar-refractivity contribution >= 4 is 154 Å². The Hall–Kier alpha value is -11.5. The number of carbonyl (C=O) groups excluding carboxylic acids is 5. The minimum Gasteiger partial charge on any atom is -0.352 e. The first kappa shape index (κ1) is 112. The Morgan fingerprint density at radius 2 is 0.444 bits per heavy atom. The molecule has 25 heteroatoms. The highest BCUT2D eigenvalue weighted by Gasteiger charge is 2.19. The summed E-state index contributed by atoms with van der Waals surface area (Å²) in [6.07, 6.45) is 20.0. The van der Waals surface area contributed by atoms with Crippen LogP contribution in [0.4, 0.5) is 17.1 Å². The molecule has 13 aromatic rings. The molecule has 634 valence electrons. The topological polar surface area (TPSA) is 310 Å². The van der Waals surface area contributed by atoms with Crippen molar-refractivity contribution in [2.75, 3.05) is 16.0 Å². The number of aromatic amines is 5. The molecule has 0 radical (unpaired) electrons. The molecule has 10 N–H and O–H groups in total. The predicted octanol–water partition coefficient (Wildman–Crippen LogP) is 25.7. The van der Waals surface area contributed by atoms with Gasteiger partial charge in [0.1, 0.15) is 52.0 Å². The number of H-pyrrole nitrogens is 5. The highest BCUT2D eigenvalue weighted by atomic mass is 32.1. The number of thiophene rings is 5. The summed E-state index contributed by atoms with van der Waals surface area (Å²) in [6, 6.07) is 35.8. The van der Waals surface area contributed by atoms with Crippen molar-refractivity contribution in [2.45, 2.75) is 181 Å². The monoisotopic (exact) mass is 1690 g/mol. The van der Waals surface area contributed by atoms with Crippen LogP contribution in [0.15, 0.2) is 251 Å². The Labute approximate surface area is 711 Å². The lowest BCUT2D eigenvalue weighted by Gasteiger charge is -2.05.